The summed E-state index contributed by atoms with van der Waals surface area (Å²) < 4.78 is 16.2. The Morgan fingerprint density at radius 1 is 1.04 bits per heavy atom. The standard InChI is InChI=1S/C18H17BrN2O6/c1-25-15-8-11(18(24)27-9-16(20)22)2-7-14(15)26-10-17(23)21-13-5-3-12(19)4-6-13/h2-8H,9-10H2,1H3,(H2,20,22)(H,21,23). The van der Waals surface area contributed by atoms with Gasteiger partial charge in [-0.2, -0.15) is 0 Å². The fourth-order valence-corrected chi connectivity index (χ4v) is 2.27. The summed E-state index contributed by atoms with van der Waals surface area (Å²) in [5.74, 6) is -1.34. The number of nitrogens with two attached hydrogens (primary N) is 1. The van der Waals surface area contributed by atoms with Crippen LogP contribution in [0.25, 0.3) is 0 Å². The first kappa shape index (κ1) is 20.2. The molecular formula is C18H17BrN2O6. The van der Waals surface area contributed by atoms with E-state index in [4.69, 9.17) is 19.9 Å². The van der Waals surface area contributed by atoms with E-state index in [2.05, 4.69) is 21.2 Å². The van der Waals surface area contributed by atoms with Crippen LogP contribution in [0, 0.1) is 0 Å². The number of carbonyl (C=O) groups is 3. The summed E-state index contributed by atoms with van der Waals surface area (Å²) in [6.45, 7) is -0.770. The van der Waals surface area contributed by atoms with E-state index in [1.54, 1.807) is 24.3 Å². The number of carbonyl (C=O) groups excluding carboxylic acids is 3. The molecule has 0 unspecified atom stereocenters. The van der Waals surface area contributed by atoms with E-state index < -0.39 is 18.5 Å². The van der Waals surface area contributed by atoms with E-state index in [1.807, 2.05) is 0 Å². The maximum Gasteiger partial charge on any atom is 0.338 e. The number of hydrogen-bond acceptors (Lipinski definition) is 6. The van der Waals surface area contributed by atoms with E-state index in [1.165, 1.54) is 25.3 Å². The number of rotatable bonds is 8. The summed E-state index contributed by atoms with van der Waals surface area (Å²) in [4.78, 5) is 34.5. The lowest BCUT2D eigenvalue weighted by Crippen LogP contribution is -2.21. The zero-order valence-electron chi connectivity index (χ0n) is 14.4. The molecule has 142 valence electrons. The third-order valence-electron chi connectivity index (χ3n) is 3.23. The highest BCUT2D eigenvalue weighted by Crippen LogP contribution is 2.28. The summed E-state index contributed by atoms with van der Waals surface area (Å²) in [6, 6.07) is 11.4. The monoisotopic (exact) mass is 436 g/mol. The van der Waals surface area contributed by atoms with Crippen molar-refractivity contribution in [3.63, 3.8) is 0 Å². The number of halogens is 1. The SMILES string of the molecule is COc1cc(C(=O)OCC(N)=O)ccc1OCC(=O)Nc1ccc(Br)cc1. The zero-order valence-corrected chi connectivity index (χ0v) is 15.9. The number of methoxy groups -OCH3 is 1. The second kappa shape index (κ2) is 9.58. The van der Waals surface area contributed by atoms with E-state index in [-0.39, 0.29) is 29.6 Å². The molecule has 2 amide bonds. The number of ether oxygens (including phenoxy) is 3. The van der Waals surface area contributed by atoms with Gasteiger partial charge >= 0.3 is 5.97 Å². The molecule has 0 fully saturated rings. The van der Waals surface area contributed by atoms with Crippen LogP contribution in [0.15, 0.2) is 46.9 Å². The van der Waals surface area contributed by atoms with Crippen molar-refractivity contribution in [2.75, 3.05) is 25.6 Å². The van der Waals surface area contributed by atoms with Crippen LogP contribution >= 0.6 is 15.9 Å². The first-order chi connectivity index (χ1) is 12.9. The maximum atomic E-state index is 12.0. The van der Waals surface area contributed by atoms with E-state index in [9.17, 15) is 14.4 Å². The first-order valence-electron chi connectivity index (χ1n) is 7.70. The number of hydrogen-bond donors (Lipinski definition) is 2. The minimum Gasteiger partial charge on any atom is -0.493 e. The third-order valence-corrected chi connectivity index (χ3v) is 3.76. The van der Waals surface area contributed by atoms with Gasteiger partial charge in [-0.1, -0.05) is 15.9 Å². The summed E-state index contributed by atoms with van der Waals surface area (Å²) in [5, 5.41) is 2.69. The lowest BCUT2D eigenvalue weighted by Gasteiger charge is -2.12. The highest BCUT2D eigenvalue weighted by Gasteiger charge is 2.14. The fourth-order valence-electron chi connectivity index (χ4n) is 2.01. The number of nitrogens with one attached hydrogen (secondary N) is 1. The van der Waals surface area contributed by atoms with Crippen molar-refractivity contribution in [2.45, 2.75) is 0 Å². The number of amides is 2. The lowest BCUT2D eigenvalue weighted by atomic mass is 10.2. The third kappa shape index (κ3) is 6.30. The molecule has 0 aliphatic rings. The molecule has 2 rings (SSSR count). The Hall–Kier alpha value is -3.07. The van der Waals surface area contributed by atoms with Gasteiger partial charge in [0.15, 0.2) is 24.7 Å². The van der Waals surface area contributed by atoms with Gasteiger partial charge in [-0.15, -0.1) is 0 Å². The molecule has 3 N–H and O–H groups in total. The number of primary amides is 1. The number of esters is 1. The van der Waals surface area contributed by atoms with Gasteiger partial charge in [0.1, 0.15) is 0 Å². The van der Waals surface area contributed by atoms with Gasteiger partial charge in [-0.25, -0.2) is 4.79 Å². The summed E-state index contributed by atoms with van der Waals surface area (Å²) in [5.41, 5.74) is 5.71. The minimum atomic E-state index is -0.757. The minimum absolute atomic E-state index is 0.153. The average Bonchev–Trinajstić information content (AvgIpc) is 2.66. The molecule has 27 heavy (non-hydrogen) atoms. The average molecular weight is 437 g/mol. The number of anilines is 1. The Bertz CT molecular complexity index is 838. The Kier molecular flexibility index (Phi) is 7.18. The Morgan fingerprint density at radius 3 is 2.37 bits per heavy atom. The molecule has 0 aliphatic carbocycles. The van der Waals surface area contributed by atoms with Crippen molar-refractivity contribution in [3.05, 3.63) is 52.5 Å². The summed E-state index contributed by atoms with van der Waals surface area (Å²) in [6.07, 6.45) is 0. The van der Waals surface area contributed by atoms with Gasteiger partial charge in [0.2, 0.25) is 0 Å². The highest BCUT2D eigenvalue weighted by molar-refractivity contribution is 9.10. The normalized spacial score (nSPS) is 10.0. The molecule has 0 saturated carbocycles. The van der Waals surface area contributed by atoms with Gasteiger partial charge < -0.3 is 25.3 Å². The molecule has 2 aromatic carbocycles. The topological polar surface area (TPSA) is 117 Å². The smallest absolute Gasteiger partial charge is 0.338 e. The first-order valence-corrected chi connectivity index (χ1v) is 8.50. The maximum absolute atomic E-state index is 12.0. The van der Waals surface area contributed by atoms with Crippen LogP contribution in [-0.2, 0) is 14.3 Å². The van der Waals surface area contributed by atoms with E-state index in [0.717, 1.165) is 4.47 Å². The molecule has 9 heteroatoms. The lowest BCUT2D eigenvalue weighted by molar-refractivity contribution is -0.121. The Balaban J connectivity index is 1.97. The van der Waals surface area contributed by atoms with Gasteiger partial charge in [0.25, 0.3) is 11.8 Å². The van der Waals surface area contributed by atoms with Crippen molar-refractivity contribution >= 4 is 39.4 Å². The van der Waals surface area contributed by atoms with Crippen molar-refractivity contribution in [3.8, 4) is 11.5 Å². The molecule has 0 heterocycles. The predicted molar refractivity (Wildman–Crippen MR) is 101 cm³/mol. The quantitative estimate of drug-likeness (QED) is 0.611. The van der Waals surface area contributed by atoms with Crippen molar-refractivity contribution in [2.24, 2.45) is 5.73 Å². The molecule has 0 saturated heterocycles. The van der Waals surface area contributed by atoms with Crippen LogP contribution in [0.2, 0.25) is 0 Å². The highest BCUT2D eigenvalue weighted by atomic mass is 79.9. The van der Waals surface area contributed by atoms with E-state index in [0.29, 0.717) is 5.69 Å². The van der Waals surface area contributed by atoms with Crippen LogP contribution in [0.1, 0.15) is 10.4 Å². The zero-order chi connectivity index (χ0) is 19.8. The Morgan fingerprint density at radius 2 is 1.74 bits per heavy atom. The van der Waals surface area contributed by atoms with Crippen LogP contribution < -0.4 is 20.5 Å². The van der Waals surface area contributed by atoms with Crippen LogP contribution in [-0.4, -0.2) is 38.1 Å². The molecule has 0 aromatic heterocycles. The molecular weight excluding hydrogens is 420 g/mol. The second-order valence-corrected chi connectivity index (χ2v) is 6.17. The molecule has 0 radical (unpaired) electrons. The Labute approximate surface area is 163 Å². The van der Waals surface area contributed by atoms with E-state index >= 15 is 0 Å². The largest absolute Gasteiger partial charge is 0.493 e. The van der Waals surface area contributed by atoms with Crippen LogP contribution in [0.5, 0.6) is 11.5 Å². The number of benzene rings is 2. The van der Waals surface area contributed by atoms with Crippen molar-refractivity contribution < 1.29 is 28.6 Å². The van der Waals surface area contributed by atoms with Crippen LogP contribution in [0.3, 0.4) is 0 Å². The van der Waals surface area contributed by atoms with Gasteiger partial charge in [0.05, 0.1) is 12.7 Å². The molecule has 0 atom stereocenters. The van der Waals surface area contributed by atoms with Gasteiger partial charge in [-0.05, 0) is 42.5 Å². The van der Waals surface area contributed by atoms with Crippen molar-refractivity contribution in [1.29, 1.82) is 0 Å². The van der Waals surface area contributed by atoms with Gasteiger partial charge in [-0.3, -0.25) is 9.59 Å². The fraction of sp³-hybridized carbons (Fsp3) is 0.167. The predicted octanol–water partition coefficient (Wildman–Crippen LogP) is 2.12. The van der Waals surface area contributed by atoms with Crippen LogP contribution in [0.4, 0.5) is 5.69 Å². The second-order valence-electron chi connectivity index (χ2n) is 5.25. The molecule has 2 aromatic rings. The molecule has 8 nitrogen and oxygen atoms in total. The summed E-state index contributed by atoms with van der Waals surface area (Å²) in [7, 11) is 1.39. The molecule has 0 bridgehead atoms. The van der Waals surface area contributed by atoms with Crippen molar-refractivity contribution in [1.82, 2.24) is 0 Å². The summed E-state index contributed by atoms with van der Waals surface area (Å²) >= 11 is 3.31. The molecule has 0 spiro atoms. The van der Waals surface area contributed by atoms with Gasteiger partial charge in [0, 0.05) is 10.2 Å². The molecule has 0 aliphatic heterocycles.